The van der Waals surface area contributed by atoms with Gasteiger partial charge in [0.1, 0.15) is 0 Å². The third-order valence-corrected chi connectivity index (χ3v) is 8.03. The molecular weight excluding hydrogens is 376 g/mol. The van der Waals surface area contributed by atoms with Crippen LogP contribution in [0, 0.1) is 17.0 Å². The van der Waals surface area contributed by atoms with Crippen LogP contribution in [0.2, 0.25) is 0 Å². The smallest absolute Gasteiger partial charge is 0.239 e. The zero-order valence-electron chi connectivity index (χ0n) is 16.2. The molecule has 3 atom stereocenters. The maximum atomic E-state index is 14.0. The number of fused-ring (bicyclic) bond motifs is 2. The summed E-state index contributed by atoms with van der Waals surface area (Å²) >= 11 is 0. The van der Waals surface area contributed by atoms with Crippen molar-refractivity contribution >= 4 is 5.91 Å². The van der Waals surface area contributed by atoms with Crippen molar-refractivity contribution < 1.29 is 18.3 Å². The highest BCUT2D eigenvalue weighted by atomic mass is 19.1. The Kier molecular flexibility index (Phi) is 3.17. The average Bonchev–Trinajstić information content (AvgIpc) is 3.06. The van der Waals surface area contributed by atoms with Crippen molar-refractivity contribution in [3.8, 4) is 11.6 Å². The Labute approximate surface area is 167 Å². The van der Waals surface area contributed by atoms with Crippen LogP contribution in [0.1, 0.15) is 50.3 Å². The standard InChI is InChI=1S/C22H21F2N3O2/c1-20-12-21(20)7-8-22(20,19(28)27-9-2-3-10-27)18-13(21)11-16(25-26-18)29-17-14(23)5-4-6-15(17)24/h4-6,11H,2-3,7-10,12H2,1H3. The molecule has 7 heteroatoms. The van der Waals surface area contributed by atoms with Crippen LogP contribution in [0.25, 0.3) is 0 Å². The maximum Gasteiger partial charge on any atom is 0.239 e. The van der Waals surface area contributed by atoms with Crippen molar-refractivity contribution in [2.45, 2.75) is 49.9 Å². The zero-order chi connectivity index (χ0) is 20.0. The third kappa shape index (κ3) is 1.87. The van der Waals surface area contributed by atoms with Gasteiger partial charge in [0.15, 0.2) is 11.6 Å². The fraction of sp³-hybridized carbons (Fsp3) is 0.500. The Morgan fingerprint density at radius 1 is 1.14 bits per heavy atom. The number of benzene rings is 1. The molecule has 3 unspecified atom stereocenters. The SMILES string of the molecule is CC12CC13CCC2(C(=O)N1CCCC1)c1nnc(Oc2c(F)cccc2F)cc13. The molecule has 6 rings (SSSR count). The van der Waals surface area contributed by atoms with Crippen LogP contribution in [0.3, 0.4) is 0 Å². The predicted octanol–water partition coefficient (Wildman–Crippen LogP) is 3.86. The largest absolute Gasteiger partial charge is 0.431 e. The quantitative estimate of drug-likeness (QED) is 0.789. The third-order valence-electron chi connectivity index (χ3n) is 8.03. The topological polar surface area (TPSA) is 55.3 Å². The first-order chi connectivity index (χ1) is 13.9. The van der Waals surface area contributed by atoms with Crippen molar-refractivity contribution in [3.05, 3.63) is 47.2 Å². The summed E-state index contributed by atoms with van der Waals surface area (Å²) in [5, 5.41) is 8.52. The fourth-order valence-corrected chi connectivity index (χ4v) is 6.49. The molecule has 0 radical (unpaired) electrons. The molecule has 2 saturated carbocycles. The van der Waals surface area contributed by atoms with Crippen LogP contribution in [0.4, 0.5) is 8.78 Å². The lowest BCUT2D eigenvalue weighted by atomic mass is 9.70. The van der Waals surface area contributed by atoms with Crippen LogP contribution in [0.15, 0.2) is 24.3 Å². The summed E-state index contributed by atoms with van der Waals surface area (Å²) in [4.78, 5) is 15.6. The molecule has 0 N–H and O–H groups in total. The number of likely N-dealkylation sites (tertiary alicyclic amines) is 1. The molecule has 0 spiro atoms. The molecule has 29 heavy (non-hydrogen) atoms. The Morgan fingerprint density at radius 3 is 2.55 bits per heavy atom. The van der Waals surface area contributed by atoms with Crippen molar-refractivity contribution in [2.75, 3.05) is 13.1 Å². The van der Waals surface area contributed by atoms with Gasteiger partial charge in [-0.2, -0.15) is 5.10 Å². The monoisotopic (exact) mass is 397 g/mol. The summed E-state index contributed by atoms with van der Waals surface area (Å²) in [6.07, 6.45) is 4.75. The number of hydrogen-bond donors (Lipinski definition) is 0. The first kappa shape index (κ1) is 17.3. The number of carbonyl (C=O) groups is 1. The molecule has 1 aromatic carbocycles. The minimum absolute atomic E-state index is 0.0627. The molecule has 150 valence electrons. The molecule has 4 aliphatic rings. The van der Waals surface area contributed by atoms with E-state index in [0.29, 0.717) is 0 Å². The van der Waals surface area contributed by atoms with Gasteiger partial charge in [-0.15, -0.1) is 5.10 Å². The zero-order valence-corrected chi connectivity index (χ0v) is 16.2. The molecule has 2 aromatic rings. The van der Waals surface area contributed by atoms with Gasteiger partial charge in [-0.3, -0.25) is 4.79 Å². The molecule has 1 amide bonds. The van der Waals surface area contributed by atoms with Gasteiger partial charge in [-0.25, -0.2) is 8.78 Å². The van der Waals surface area contributed by atoms with Crippen LogP contribution in [-0.2, 0) is 15.6 Å². The van der Waals surface area contributed by atoms with Gasteiger partial charge in [0, 0.05) is 24.6 Å². The van der Waals surface area contributed by atoms with Crippen molar-refractivity contribution in [1.82, 2.24) is 15.1 Å². The number of halogens is 2. The van der Waals surface area contributed by atoms with Crippen molar-refractivity contribution in [2.24, 2.45) is 5.41 Å². The second-order valence-corrected chi connectivity index (χ2v) is 9.09. The van der Waals surface area contributed by atoms with E-state index >= 15 is 0 Å². The highest BCUT2D eigenvalue weighted by Crippen LogP contribution is 2.85. The lowest BCUT2D eigenvalue weighted by Crippen LogP contribution is -2.49. The van der Waals surface area contributed by atoms with Gasteiger partial charge in [0.25, 0.3) is 0 Å². The summed E-state index contributed by atoms with van der Waals surface area (Å²) in [5.41, 5.74) is 0.843. The van der Waals surface area contributed by atoms with E-state index in [1.54, 1.807) is 6.07 Å². The Balaban J connectivity index is 1.43. The molecule has 5 nitrogen and oxygen atoms in total. The average molecular weight is 397 g/mol. The van der Waals surface area contributed by atoms with Gasteiger partial charge in [0.05, 0.1) is 11.1 Å². The number of carbonyl (C=O) groups excluding carboxylic acids is 1. The molecule has 2 heterocycles. The molecular formula is C22H21F2N3O2. The van der Waals surface area contributed by atoms with E-state index < -0.39 is 22.8 Å². The first-order valence-corrected chi connectivity index (χ1v) is 10.2. The van der Waals surface area contributed by atoms with E-state index in [2.05, 4.69) is 17.1 Å². The number of ether oxygens (including phenoxy) is 1. The molecule has 3 fully saturated rings. The summed E-state index contributed by atoms with van der Waals surface area (Å²) in [5.74, 6) is -1.82. The van der Waals surface area contributed by atoms with Crippen molar-refractivity contribution in [1.29, 1.82) is 0 Å². The maximum absolute atomic E-state index is 14.0. The number of amides is 1. The highest BCUT2D eigenvalue weighted by Gasteiger charge is 2.86. The molecule has 1 saturated heterocycles. The molecule has 1 aromatic heterocycles. The summed E-state index contributed by atoms with van der Waals surface area (Å²) in [6.45, 7) is 3.80. The highest BCUT2D eigenvalue weighted by molar-refractivity contribution is 5.94. The number of para-hydroxylation sites is 1. The van der Waals surface area contributed by atoms with Gasteiger partial charge < -0.3 is 9.64 Å². The summed E-state index contributed by atoms with van der Waals surface area (Å²) in [7, 11) is 0. The summed E-state index contributed by atoms with van der Waals surface area (Å²) < 4.78 is 33.4. The first-order valence-electron chi connectivity index (χ1n) is 10.2. The van der Waals surface area contributed by atoms with E-state index in [4.69, 9.17) is 4.74 Å². The minimum Gasteiger partial charge on any atom is -0.431 e. The molecule has 3 aliphatic carbocycles. The second kappa shape index (κ2) is 5.32. The number of aromatic nitrogens is 2. The number of rotatable bonds is 3. The Bertz CT molecular complexity index is 1050. The van der Waals surface area contributed by atoms with E-state index in [0.717, 1.165) is 68.6 Å². The molecule has 2 bridgehead atoms. The van der Waals surface area contributed by atoms with E-state index in [-0.39, 0.29) is 22.6 Å². The Hall–Kier alpha value is -2.57. The lowest BCUT2D eigenvalue weighted by Gasteiger charge is -2.37. The van der Waals surface area contributed by atoms with Gasteiger partial charge in [-0.1, -0.05) is 13.0 Å². The van der Waals surface area contributed by atoms with Crippen LogP contribution in [-0.4, -0.2) is 34.1 Å². The van der Waals surface area contributed by atoms with Crippen LogP contribution in [0.5, 0.6) is 11.6 Å². The minimum atomic E-state index is -0.788. The predicted molar refractivity (Wildman–Crippen MR) is 99.6 cm³/mol. The van der Waals surface area contributed by atoms with Crippen molar-refractivity contribution in [3.63, 3.8) is 0 Å². The van der Waals surface area contributed by atoms with Gasteiger partial charge in [0.2, 0.25) is 17.5 Å². The fourth-order valence-electron chi connectivity index (χ4n) is 6.49. The van der Waals surface area contributed by atoms with Gasteiger partial charge >= 0.3 is 0 Å². The second-order valence-electron chi connectivity index (χ2n) is 9.09. The lowest BCUT2D eigenvalue weighted by molar-refractivity contribution is -0.138. The van der Waals surface area contributed by atoms with Gasteiger partial charge in [-0.05, 0) is 55.2 Å². The summed E-state index contributed by atoms with van der Waals surface area (Å²) in [6, 6.07) is 5.31. The number of hydrogen-bond acceptors (Lipinski definition) is 4. The Morgan fingerprint density at radius 2 is 1.86 bits per heavy atom. The van der Waals surface area contributed by atoms with E-state index in [9.17, 15) is 13.6 Å². The normalized spacial score (nSPS) is 33.6. The van der Waals surface area contributed by atoms with Crippen LogP contribution < -0.4 is 4.74 Å². The number of nitrogens with zero attached hydrogens (tertiary/aromatic N) is 3. The molecule has 1 aliphatic heterocycles. The van der Waals surface area contributed by atoms with E-state index in [1.165, 1.54) is 6.07 Å². The van der Waals surface area contributed by atoms with Crippen LogP contribution >= 0.6 is 0 Å². The van der Waals surface area contributed by atoms with E-state index in [1.807, 2.05) is 4.90 Å².